The van der Waals surface area contributed by atoms with Gasteiger partial charge in [0.25, 0.3) is 0 Å². The maximum Gasteiger partial charge on any atom is 0.304 e. The van der Waals surface area contributed by atoms with E-state index in [-0.39, 0.29) is 12.3 Å². The Labute approximate surface area is 141 Å². The number of fused-ring (bicyclic) bond motifs is 1. The normalized spacial score (nSPS) is 20.5. The molecule has 1 amide bonds. The van der Waals surface area contributed by atoms with E-state index >= 15 is 0 Å². The molecule has 2 aromatic rings. The number of carbonyl (C=O) groups excluding carboxylic acids is 1. The largest absolute Gasteiger partial charge is 0.481 e. The van der Waals surface area contributed by atoms with Crippen LogP contribution >= 0.6 is 0 Å². The Morgan fingerprint density at radius 3 is 2.88 bits per heavy atom. The molecule has 0 spiro atoms. The molecule has 5 heteroatoms. The van der Waals surface area contributed by atoms with Crippen LogP contribution in [-0.4, -0.2) is 40.0 Å². The molecule has 1 atom stereocenters. The van der Waals surface area contributed by atoms with Gasteiger partial charge in [0.05, 0.1) is 12.8 Å². The van der Waals surface area contributed by atoms with Crippen molar-refractivity contribution in [3.63, 3.8) is 0 Å². The van der Waals surface area contributed by atoms with Crippen LogP contribution in [0.5, 0.6) is 0 Å². The minimum Gasteiger partial charge on any atom is -0.481 e. The molecule has 0 saturated heterocycles. The zero-order valence-electron chi connectivity index (χ0n) is 13.8. The van der Waals surface area contributed by atoms with Crippen molar-refractivity contribution < 1.29 is 14.7 Å². The summed E-state index contributed by atoms with van der Waals surface area (Å²) in [6.45, 7) is 2.98. The lowest BCUT2D eigenvalue weighted by atomic mass is 9.79. The lowest BCUT2D eigenvalue weighted by Crippen LogP contribution is -2.44. The highest BCUT2D eigenvalue weighted by Gasteiger charge is 2.34. The lowest BCUT2D eigenvalue weighted by molar-refractivity contribution is -0.141. The molecule has 0 saturated carbocycles. The van der Waals surface area contributed by atoms with Crippen molar-refractivity contribution in [1.82, 2.24) is 9.88 Å². The van der Waals surface area contributed by atoms with E-state index in [2.05, 4.69) is 4.98 Å². The quantitative estimate of drug-likeness (QED) is 0.830. The Hall–Kier alpha value is -2.56. The van der Waals surface area contributed by atoms with Crippen LogP contribution in [0.25, 0.3) is 10.9 Å². The third kappa shape index (κ3) is 3.20. The van der Waals surface area contributed by atoms with Crippen LogP contribution in [0.4, 0.5) is 0 Å². The number of aromatic nitrogens is 1. The Balaban J connectivity index is 1.76. The summed E-state index contributed by atoms with van der Waals surface area (Å²) in [5.41, 5.74) is 1.54. The van der Waals surface area contributed by atoms with Crippen molar-refractivity contribution in [1.29, 1.82) is 0 Å². The first kappa shape index (κ1) is 16.3. The van der Waals surface area contributed by atoms with Crippen LogP contribution in [0.15, 0.2) is 42.6 Å². The smallest absolute Gasteiger partial charge is 0.304 e. The molecule has 0 fully saturated rings. The van der Waals surface area contributed by atoms with Crippen LogP contribution in [0, 0.1) is 5.41 Å². The summed E-state index contributed by atoms with van der Waals surface area (Å²) in [4.78, 5) is 28.9. The predicted molar refractivity (Wildman–Crippen MR) is 92.7 cm³/mol. The Morgan fingerprint density at radius 1 is 1.33 bits per heavy atom. The Bertz CT molecular complexity index is 793. The number of para-hydroxylation sites is 1. The van der Waals surface area contributed by atoms with Crippen molar-refractivity contribution in [2.45, 2.75) is 26.2 Å². The third-order valence-corrected chi connectivity index (χ3v) is 4.88. The summed E-state index contributed by atoms with van der Waals surface area (Å²) in [6.07, 6.45) is 6.85. The van der Waals surface area contributed by atoms with E-state index in [0.717, 1.165) is 16.5 Å². The molecule has 2 heterocycles. The molecule has 24 heavy (non-hydrogen) atoms. The summed E-state index contributed by atoms with van der Waals surface area (Å²) >= 11 is 0. The van der Waals surface area contributed by atoms with Crippen molar-refractivity contribution in [3.05, 3.63) is 48.2 Å². The summed E-state index contributed by atoms with van der Waals surface area (Å²) < 4.78 is 0. The van der Waals surface area contributed by atoms with Gasteiger partial charge in [-0.05, 0) is 18.1 Å². The fourth-order valence-corrected chi connectivity index (χ4v) is 3.44. The first-order valence-corrected chi connectivity index (χ1v) is 8.25. The van der Waals surface area contributed by atoms with Gasteiger partial charge >= 0.3 is 5.97 Å². The average Bonchev–Trinajstić information content (AvgIpc) is 2.97. The topological polar surface area (TPSA) is 73.4 Å². The van der Waals surface area contributed by atoms with Crippen molar-refractivity contribution in [3.8, 4) is 0 Å². The Kier molecular flexibility index (Phi) is 4.42. The number of rotatable bonds is 5. The summed E-state index contributed by atoms with van der Waals surface area (Å²) in [6, 6.07) is 7.91. The highest BCUT2D eigenvalue weighted by Crippen LogP contribution is 2.32. The van der Waals surface area contributed by atoms with E-state index < -0.39 is 11.4 Å². The molecule has 126 valence electrons. The number of H-pyrrole nitrogens is 1. The van der Waals surface area contributed by atoms with E-state index in [1.54, 1.807) is 4.90 Å². The van der Waals surface area contributed by atoms with E-state index in [0.29, 0.717) is 25.9 Å². The van der Waals surface area contributed by atoms with Crippen molar-refractivity contribution in [2.24, 2.45) is 5.41 Å². The van der Waals surface area contributed by atoms with Crippen LogP contribution in [-0.2, 0) is 16.0 Å². The second-order valence-electron chi connectivity index (χ2n) is 6.50. The van der Waals surface area contributed by atoms with Gasteiger partial charge in [0, 0.05) is 35.6 Å². The molecule has 1 aliphatic rings. The number of hydrogen-bond donors (Lipinski definition) is 2. The fourth-order valence-electron chi connectivity index (χ4n) is 3.44. The molecule has 1 aromatic carbocycles. The number of carbonyl (C=O) groups is 2. The van der Waals surface area contributed by atoms with Crippen LogP contribution in [0.1, 0.15) is 25.3 Å². The van der Waals surface area contributed by atoms with Crippen LogP contribution in [0.2, 0.25) is 0 Å². The zero-order valence-corrected chi connectivity index (χ0v) is 13.8. The number of nitrogens with one attached hydrogen (secondary N) is 1. The fraction of sp³-hybridized carbons (Fsp3) is 0.368. The summed E-state index contributed by atoms with van der Waals surface area (Å²) in [7, 11) is 0. The maximum atomic E-state index is 12.7. The number of hydrogen-bond acceptors (Lipinski definition) is 2. The van der Waals surface area contributed by atoms with Crippen molar-refractivity contribution >= 4 is 22.8 Å². The van der Waals surface area contributed by atoms with Gasteiger partial charge in [-0.2, -0.15) is 0 Å². The first-order valence-electron chi connectivity index (χ1n) is 8.25. The minimum absolute atomic E-state index is 0.0346. The van der Waals surface area contributed by atoms with Gasteiger partial charge < -0.3 is 15.0 Å². The van der Waals surface area contributed by atoms with E-state index in [1.165, 1.54) is 0 Å². The van der Waals surface area contributed by atoms with Gasteiger partial charge in [0.1, 0.15) is 0 Å². The Morgan fingerprint density at radius 2 is 2.12 bits per heavy atom. The van der Waals surface area contributed by atoms with Gasteiger partial charge in [0.15, 0.2) is 0 Å². The molecule has 2 N–H and O–H groups in total. The first-order chi connectivity index (χ1) is 11.5. The van der Waals surface area contributed by atoms with Crippen molar-refractivity contribution in [2.75, 3.05) is 13.1 Å². The van der Waals surface area contributed by atoms with Gasteiger partial charge in [0.2, 0.25) is 5.91 Å². The molecule has 0 radical (unpaired) electrons. The maximum absolute atomic E-state index is 12.7. The average molecular weight is 326 g/mol. The van der Waals surface area contributed by atoms with Gasteiger partial charge in [-0.15, -0.1) is 0 Å². The summed E-state index contributed by atoms with van der Waals surface area (Å²) in [5, 5.41) is 10.2. The second-order valence-corrected chi connectivity index (χ2v) is 6.50. The lowest BCUT2D eigenvalue weighted by Gasteiger charge is -2.37. The highest BCUT2D eigenvalue weighted by atomic mass is 16.4. The SMILES string of the molecule is CCC1(CC(=O)O)C=CCN(C(=O)Cc2c[nH]c3ccccc23)C1. The van der Waals surface area contributed by atoms with Gasteiger partial charge in [-0.25, -0.2) is 0 Å². The molecule has 1 unspecified atom stereocenters. The molecule has 1 aromatic heterocycles. The van der Waals surface area contributed by atoms with E-state index in [9.17, 15) is 14.7 Å². The van der Waals surface area contributed by atoms with E-state index in [1.807, 2.05) is 49.5 Å². The second kappa shape index (κ2) is 6.51. The molecule has 1 aliphatic heterocycles. The number of carboxylic acid groups (broad SMARTS) is 1. The highest BCUT2D eigenvalue weighted by molar-refractivity contribution is 5.89. The standard InChI is InChI=1S/C19H22N2O3/c1-2-19(11-18(23)24)8-5-9-21(13-19)17(22)10-14-12-20-16-7-4-3-6-15(14)16/h3-8,12,20H,2,9-11,13H2,1H3,(H,23,24). The van der Waals surface area contributed by atoms with Crippen LogP contribution in [0.3, 0.4) is 0 Å². The number of nitrogens with zero attached hydrogens (tertiary/aromatic N) is 1. The minimum atomic E-state index is -0.826. The number of benzene rings is 1. The number of carboxylic acids is 1. The molecular weight excluding hydrogens is 304 g/mol. The third-order valence-electron chi connectivity index (χ3n) is 4.88. The van der Waals surface area contributed by atoms with Crippen LogP contribution < -0.4 is 0 Å². The van der Waals surface area contributed by atoms with Gasteiger partial charge in [-0.1, -0.05) is 37.3 Å². The van der Waals surface area contributed by atoms with E-state index in [4.69, 9.17) is 0 Å². The number of aliphatic carboxylic acids is 1. The van der Waals surface area contributed by atoms with Gasteiger partial charge in [-0.3, -0.25) is 9.59 Å². The predicted octanol–water partition coefficient (Wildman–Crippen LogP) is 2.98. The molecule has 0 aliphatic carbocycles. The zero-order chi connectivity index (χ0) is 17.2. The number of amides is 1. The molecule has 3 rings (SSSR count). The summed E-state index contributed by atoms with van der Waals surface area (Å²) in [5.74, 6) is -0.792. The molecular formula is C19H22N2O3. The number of aromatic amines is 1. The molecule has 5 nitrogen and oxygen atoms in total. The monoisotopic (exact) mass is 326 g/mol. The molecule has 0 bridgehead atoms.